The highest BCUT2D eigenvalue weighted by Crippen LogP contribution is 2.32. The Hall–Kier alpha value is -0.810. The van der Waals surface area contributed by atoms with Gasteiger partial charge in [-0.1, -0.05) is 0 Å². The molecule has 0 saturated carbocycles. The molecule has 6 aliphatic rings. The predicted octanol–water partition coefficient (Wildman–Crippen LogP) is 1.33. The van der Waals surface area contributed by atoms with Crippen molar-refractivity contribution < 1.29 is 14.3 Å². The van der Waals surface area contributed by atoms with Crippen molar-refractivity contribution in [2.75, 3.05) is 39.3 Å². The van der Waals surface area contributed by atoms with Crippen LogP contribution in [0.25, 0.3) is 0 Å². The van der Waals surface area contributed by atoms with E-state index >= 15 is 0 Å². The summed E-state index contributed by atoms with van der Waals surface area (Å²) in [5, 5.41) is 0. The highest BCUT2D eigenvalue weighted by molar-refractivity contribution is 5.60. The fraction of sp³-hybridized carbons (Fsp3) is 0.933. The average molecular weight is 280 g/mol. The molecule has 0 amide bonds. The van der Waals surface area contributed by atoms with Crippen LogP contribution in [0.4, 0.5) is 4.79 Å². The van der Waals surface area contributed by atoms with E-state index in [1.54, 1.807) is 0 Å². The highest BCUT2D eigenvalue weighted by Gasteiger charge is 2.39. The molecular weight excluding hydrogens is 256 g/mol. The van der Waals surface area contributed by atoms with E-state index in [1.807, 2.05) is 0 Å². The van der Waals surface area contributed by atoms with Crippen LogP contribution in [0.3, 0.4) is 0 Å². The first-order chi connectivity index (χ1) is 9.78. The summed E-state index contributed by atoms with van der Waals surface area (Å²) >= 11 is 0. The summed E-state index contributed by atoms with van der Waals surface area (Å²) in [6, 6.07) is 0. The van der Waals surface area contributed by atoms with Crippen LogP contribution in [-0.2, 0) is 9.47 Å². The number of fused-ring (bicyclic) bond motifs is 6. The second kappa shape index (κ2) is 5.19. The Morgan fingerprint density at radius 1 is 0.750 bits per heavy atom. The van der Waals surface area contributed by atoms with E-state index in [1.165, 1.54) is 26.2 Å². The van der Waals surface area contributed by atoms with Crippen LogP contribution in [0, 0.1) is 11.8 Å². The molecule has 112 valence electrons. The Morgan fingerprint density at radius 2 is 1.15 bits per heavy atom. The van der Waals surface area contributed by atoms with Crippen molar-refractivity contribution in [3.63, 3.8) is 0 Å². The van der Waals surface area contributed by atoms with E-state index in [0.29, 0.717) is 11.8 Å². The first-order valence-electron chi connectivity index (χ1n) is 8.10. The summed E-state index contributed by atoms with van der Waals surface area (Å²) in [5.41, 5.74) is 0. The molecule has 6 heterocycles. The van der Waals surface area contributed by atoms with Crippen LogP contribution in [0.15, 0.2) is 0 Å². The lowest BCUT2D eigenvalue weighted by atomic mass is 9.86. The SMILES string of the molecule is O=C(O[C@H]1CN2CCC1CC2)O[C@@H]1CN2CCC1CC2. The smallest absolute Gasteiger partial charge is 0.429 e. The molecule has 0 N–H and O–H groups in total. The minimum absolute atomic E-state index is 0.0612. The topological polar surface area (TPSA) is 42.0 Å². The van der Waals surface area contributed by atoms with E-state index in [0.717, 1.165) is 38.8 Å². The predicted molar refractivity (Wildman–Crippen MR) is 73.5 cm³/mol. The zero-order valence-corrected chi connectivity index (χ0v) is 12.0. The number of hydrogen-bond donors (Lipinski definition) is 0. The first-order valence-corrected chi connectivity index (χ1v) is 8.10. The normalized spacial score (nSPS) is 46.2. The standard InChI is InChI=1S/C15H24N2O3/c18-15(19-13-9-16-5-1-11(13)2-6-16)20-14-10-17-7-3-12(14)4-8-17/h11-14H,1-10H2/t13-,14+. The lowest BCUT2D eigenvalue weighted by Crippen LogP contribution is -2.54. The summed E-state index contributed by atoms with van der Waals surface area (Å²) < 4.78 is 11.2. The van der Waals surface area contributed by atoms with Gasteiger partial charge >= 0.3 is 6.16 Å². The third kappa shape index (κ3) is 2.42. The van der Waals surface area contributed by atoms with Gasteiger partial charge in [0.2, 0.25) is 0 Å². The minimum Gasteiger partial charge on any atom is -0.429 e. The summed E-state index contributed by atoms with van der Waals surface area (Å²) in [7, 11) is 0. The molecule has 6 saturated heterocycles. The van der Waals surface area contributed by atoms with Crippen molar-refractivity contribution in [3.8, 4) is 0 Å². The number of hydrogen-bond acceptors (Lipinski definition) is 5. The zero-order valence-electron chi connectivity index (χ0n) is 12.0. The maximum absolute atomic E-state index is 12.1. The Morgan fingerprint density at radius 3 is 1.45 bits per heavy atom. The molecule has 5 nitrogen and oxygen atoms in total. The van der Waals surface area contributed by atoms with Crippen LogP contribution in [-0.4, -0.2) is 67.4 Å². The van der Waals surface area contributed by atoms with E-state index in [-0.39, 0.29) is 12.2 Å². The zero-order chi connectivity index (χ0) is 13.5. The minimum atomic E-state index is -0.428. The van der Waals surface area contributed by atoms with Gasteiger partial charge in [0.15, 0.2) is 0 Å². The third-order valence-corrected chi connectivity index (χ3v) is 5.69. The Balaban J connectivity index is 1.30. The molecule has 20 heavy (non-hydrogen) atoms. The second-order valence-electron chi connectivity index (χ2n) is 6.84. The molecule has 0 aliphatic carbocycles. The molecule has 6 rings (SSSR count). The van der Waals surface area contributed by atoms with Crippen molar-refractivity contribution in [2.24, 2.45) is 11.8 Å². The van der Waals surface area contributed by atoms with Gasteiger partial charge < -0.3 is 9.47 Å². The molecule has 0 spiro atoms. The van der Waals surface area contributed by atoms with Gasteiger partial charge in [-0.2, -0.15) is 0 Å². The lowest BCUT2D eigenvalue weighted by molar-refractivity contribution is -0.0937. The summed E-state index contributed by atoms with van der Waals surface area (Å²) in [6.45, 7) is 6.47. The Bertz CT molecular complexity index is 339. The monoisotopic (exact) mass is 280 g/mol. The van der Waals surface area contributed by atoms with Crippen molar-refractivity contribution >= 4 is 6.16 Å². The van der Waals surface area contributed by atoms with Crippen molar-refractivity contribution in [3.05, 3.63) is 0 Å². The Kier molecular flexibility index (Phi) is 3.34. The maximum atomic E-state index is 12.1. The van der Waals surface area contributed by atoms with Crippen molar-refractivity contribution in [1.29, 1.82) is 0 Å². The van der Waals surface area contributed by atoms with E-state index in [9.17, 15) is 4.79 Å². The average Bonchev–Trinajstić information content (AvgIpc) is 2.49. The van der Waals surface area contributed by atoms with Gasteiger partial charge in [-0.25, -0.2) is 4.79 Å². The van der Waals surface area contributed by atoms with Crippen LogP contribution in [0.2, 0.25) is 0 Å². The van der Waals surface area contributed by atoms with Gasteiger partial charge in [-0.05, 0) is 63.7 Å². The van der Waals surface area contributed by atoms with Gasteiger partial charge in [0, 0.05) is 13.1 Å². The first kappa shape index (κ1) is 12.9. The van der Waals surface area contributed by atoms with Gasteiger partial charge in [0.1, 0.15) is 12.2 Å². The third-order valence-electron chi connectivity index (χ3n) is 5.69. The number of piperidine rings is 6. The molecule has 0 aromatic carbocycles. The molecule has 5 heteroatoms. The molecule has 6 aliphatic heterocycles. The largest absolute Gasteiger partial charge is 0.508 e. The fourth-order valence-corrected chi connectivity index (χ4v) is 4.36. The van der Waals surface area contributed by atoms with Crippen LogP contribution in [0.5, 0.6) is 0 Å². The lowest BCUT2D eigenvalue weighted by Gasteiger charge is -2.45. The van der Waals surface area contributed by atoms with Gasteiger partial charge in [-0.3, -0.25) is 9.80 Å². The van der Waals surface area contributed by atoms with Gasteiger partial charge in [0.25, 0.3) is 0 Å². The fourth-order valence-electron chi connectivity index (χ4n) is 4.36. The highest BCUT2D eigenvalue weighted by atomic mass is 16.7. The van der Waals surface area contributed by atoms with E-state index < -0.39 is 6.16 Å². The van der Waals surface area contributed by atoms with Crippen LogP contribution < -0.4 is 0 Å². The number of ether oxygens (including phenoxy) is 2. The molecule has 0 aromatic heterocycles. The summed E-state index contributed by atoms with van der Waals surface area (Å²) in [5.74, 6) is 1.11. The Labute approximate surface area is 120 Å². The molecule has 0 unspecified atom stereocenters. The van der Waals surface area contributed by atoms with Gasteiger partial charge in [0.05, 0.1) is 0 Å². The van der Waals surface area contributed by atoms with E-state index in [2.05, 4.69) is 9.80 Å². The van der Waals surface area contributed by atoms with Crippen LogP contribution >= 0.6 is 0 Å². The molecule has 0 radical (unpaired) electrons. The quantitative estimate of drug-likeness (QED) is 0.714. The number of rotatable bonds is 2. The number of carbonyl (C=O) groups is 1. The number of nitrogens with zero attached hydrogens (tertiary/aromatic N) is 2. The molecule has 6 fully saturated rings. The molecule has 0 aromatic rings. The van der Waals surface area contributed by atoms with Gasteiger partial charge in [-0.15, -0.1) is 0 Å². The maximum Gasteiger partial charge on any atom is 0.508 e. The van der Waals surface area contributed by atoms with Crippen molar-refractivity contribution in [1.82, 2.24) is 9.80 Å². The van der Waals surface area contributed by atoms with Crippen LogP contribution in [0.1, 0.15) is 25.7 Å². The summed E-state index contributed by atoms with van der Waals surface area (Å²) in [6.07, 6.45) is 4.35. The summed E-state index contributed by atoms with van der Waals surface area (Å²) in [4.78, 5) is 16.8. The molecule has 4 bridgehead atoms. The second-order valence-corrected chi connectivity index (χ2v) is 6.84. The molecular formula is C15H24N2O3. The molecule has 2 atom stereocenters. The number of carbonyl (C=O) groups excluding carboxylic acids is 1. The van der Waals surface area contributed by atoms with Crippen molar-refractivity contribution in [2.45, 2.75) is 37.9 Å². The van der Waals surface area contributed by atoms with E-state index in [4.69, 9.17) is 9.47 Å².